The normalized spacial score (nSPS) is 36.7. The molecule has 0 radical (unpaired) electrons. The summed E-state index contributed by atoms with van der Waals surface area (Å²) in [5.41, 5.74) is 3.83. The van der Waals surface area contributed by atoms with E-state index < -0.39 is 9.71 Å². The molecule has 2 aromatic rings. The van der Waals surface area contributed by atoms with Gasteiger partial charge in [-0.3, -0.25) is 9.52 Å². The van der Waals surface area contributed by atoms with Crippen molar-refractivity contribution in [2.75, 3.05) is 51.8 Å². The van der Waals surface area contributed by atoms with Crippen molar-refractivity contribution in [3.63, 3.8) is 0 Å². The maximum Gasteiger partial charge on any atom is 0.262 e. The number of benzene rings is 2. The van der Waals surface area contributed by atoms with E-state index >= 15 is 0 Å². The van der Waals surface area contributed by atoms with Crippen LogP contribution in [0.5, 0.6) is 5.75 Å². The van der Waals surface area contributed by atoms with Crippen LogP contribution in [0.1, 0.15) is 80.3 Å². The van der Waals surface area contributed by atoms with Crippen LogP contribution in [-0.2, 0) is 31.0 Å². The lowest BCUT2D eigenvalue weighted by Crippen LogP contribution is -2.50. The molecule has 5 aliphatic rings. The first kappa shape index (κ1) is 35.1. The van der Waals surface area contributed by atoms with Crippen molar-refractivity contribution in [2.45, 2.75) is 88.3 Å². The van der Waals surface area contributed by atoms with Gasteiger partial charge in [0.1, 0.15) is 5.75 Å². The van der Waals surface area contributed by atoms with Crippen molar-refractivity contribution in [1.29, 1.82) is 0 Å². The first-order chi connectivity index (χ1) is 23.4. The Morgan fingerprint density at radius 1 is 1.08 bits per heavy atom. The fourth-order valence-electron chi connectivity index (χ4n) is 9.27. The van der Waals surface area contributed by atoms with Crippen molar-refractivity contribution in [1.82, 2.24) is 9.62 Å². The third-order valence-electron chi connectivity index (χ3n) is 12.3. The van der Waals surface area contributed by atoms with Gasteiger partial charge in [-0.25, -0.2) is 4.21 Å². The molecule has 7 rings (SSSR count). The number of likely N-dealkylation sites (N-methyl/N-ethyl adjacent to an activating group) is 1. The van der Waals surface area contributed by atoms with Gasteiger partial charge in [0.2, 0.25) is 0 Å². The van der Waals surface area contributed by atoms with E-state index in [4.69, 9.17) is 25.8 Å². The fourth-order valence-corrected chi connectivity index (χ4v) is 11.0. The second-order valence-electron chi connectivity index (χ2n) is 15.9. The zero-order chi connectivity index (χ0) is 34.5. The first-order valence-electron chi connectivity index (χ1n) is 18.3. The summed E-state index contributed by atoms with van der Waals surface area (Å²) in [4.78, 5) is 18.4. The number of carbonyl (C=O) groups excluding carboxylic acids is 1. The molecule has 1 saturated carbocycles. The number of carbonyl (C=O) groups is 1. The highest BCUT2D eigenvalue weighted by Gasteiger charge is 2.47. The Labute approximate surface area is 298 Å². The van der Waals surface area contributed by atoms with E-state index in [0.717, 1.165) is 87.5 Å². The molecule has 10 heteroatoms. The van der Waals surface area contributed by atoms with Gasteiger partial charge in [0.25, 0.3) is 5.91 Å². The lowest BCUT2D eigenvalue weighted by molar-refractivity contribution is -0.134. The molecule has 2 aromatic carbocycles. The number of aryl methyl sites for hydroxylation is 1. The van der Waals surface area contributed by atoms with Gasteiger partial charge in [-0.15, -0.1) is 0 Å². The van der Waals surface area contributed by atoms with Crippen LogP contribution in [0.2, 0.25) is 5.02 Å². The summed E-state index contributed by atoms with van der Waals surface area (Å²) >= 11 is 6.49. The zero-order valence-corrected chi connectivity index (χ0v) is 31.2. The Bertz CT molecular complexity index is 1650. The lowest BCUT2D eigenvalue weighted by Gasteiger charge is -2.47. The quantitative estimate of drug-likeness (QED) is 0.373. The Hall–Kier alpha value is -2.30. The largest absolute Gasteiger partial charge is 0.490 e. The van der Waals surface area contributed by atoms with Crippen LogP contribution >= 0.6 is 11.6 Å². The molecule has 3 aliphatic heterocycles. The Balaban J connectivity index is 1.27. The smallest absolute Gasteiger partial charge is 0.262 e. The highest BCUT2D eigenvalue weighted by atomic mass is 35.5. The molecule has 49 heavy (non-hydrogen) atoms. The number of ether oxygens (including phenoxy) is 3. The molecular weight excluding hydrogens is 658 g/mol. The van der Waals surface area contributed by atoms with Gasteiger partial charge < -0.3 is 24.0 Å². The van der Waals surface area contributed by atoms with E-state index in [-0.39, 0.29) is 40.8 Å². The summed E-state index contributed by atoms with van der Waals surface area (Å²) < 4.78 is 36.6. The van der Waals surface area contributed by atoms with Crippen LogP contribution in [-0.4, -0.2) is 85.5 Å². The van der Waals surface area contributed by atoms with E-state index in [1.54, 1.807) is 6.07 Å². The Kier molecular flexibility index (Phi) is 10.0. The SMILES string of the molecule is C=S1(=O)NC(=O)c2ccc3c(c2)N(C[C@@H]2CC[C@H]2[C@H]([C@@H]2OC[C@H](CN(C)C)O2)CCC[C@H](C)[C@H]1C)C[C@@]1(CCCc2cc(Cl)ccc21)CO3. The van der Waals surface area contributed by atoms with Crippen LogP contribution in [0.25, 0.3) is 0 Å². The molecule has 0 aromatic heterocycles. The van der Waals surface area contributed by atoms with Crippen LogP contribution in [0.3, 0.4) is 0 Å². The van der Waals surface area contributed by atoms with Gasteiger partial charge in [0.15, 0.2) is 6.29 Å². The average Bonchev–Trinajstić information content (AvgIpc) is 3.44. The molecule has 1 unspecified atom stereocenters. The summed E-state index contributed by atoms with van der Waals surface area (Å²) in [6, 6.07) is 12.0. The monoisotopic (exact) mass is 711 g/mol. The number of halogens is 1. The van der Waals surface area contributed by atoms with Crippen molar-refractivity contribution in [3.05, 3.63) is 58.1 Å². The highest BCUT2D eigenvalue weighted by molar-refractivity contribution is 7.99. The van der Waals surface area contributed by atoms with Crippen LogP contribution in [0, 0.1) is 23.7 Å². The maximum atomic E-state index is 13.9. The molecular formula is C39H54ClN3O5S. The molecule has 3 heterocycles. The second kappa shape index (κ2) is 14.0. The average molecular weight is 712 g/mol. The van der Waals surface area contributed by atoms with E-state index in [9.17, 15) is 9.00 Å². The second-order valence-corrected chi connectivity index (χ2v) is 18.8. The topological polar surface area (TPSA) is 80.3 Å². The lowest BCUT2D eigenvalue weighted by atomic mass is 9.64. The number of fused-ring (bicyclic) bond motifs is 4. The van der Waals surface area contributed by atoms with Crippen molar-refractivity contribution in [3.8, 4) is 5.75 Å². The summed E-state index contributed by atoms with van der Waals surface area (Å²) in [5.74, 6) is 5.83. The molecule has 1 N–H and O–H groups in total. The van der Waals surface area contributed by atoms with Crippen molar-refractivity contribution < 1.29 is 23.2 Å². The molecule has 1 spiro atoms. The number of amides is 1. The van der Waals surface area contributed by atoms with Gasteiger partial charge in [0, 0.05) is 46.8 Å². The van der Waals surface area contributed by atoms with E-state index in [2.05, 4.69) is 53.5 Å². The first-order valence-corrected chi connectivity index (χ1v) is 20.5. The van der Waals surface area contributed by atoms with E-state index in [0.29, 0.717) is 30.6 Å². The molecule has 1 saturated heterocycles. The van der Waals surface area contributed by atoms with Gasteiger partial charge in [0.05, 0.1) is 34.7 Å². The standard InChI is InChI=1S/C39H54ClN3O5S/c1-25-8-6-10-33(38-46-22-31(48-38)21-42(3)4)32-14-11-29(32)20-43-23-39(17-7-9-27-18-30(40)13-15-34(27)39)24-47-36-16-12-28(19-35(36)43)37(44)41-49(5,45)26(25)2/h12-13,15-16,18-19,25-26,29,31-33,38H,5-11,14,17,20-24H2,1-4H3,(H,41,44,45)/t25-,26+,29-,31-,32+,33+,38+,39-,49?/m0/s1. The number of nitrogens with zero attached hydrogens (tertiary/aromatic N) is 2. The minimum absolute atomic E-state index is 0.0741. The molecule has 2 aliphatic carbocycles. The summed E-state index contributed by atoms with van der Waals surface area (Å²) in [6.45, 7) is 7.77. The van der Waals surface area contributed by atoms with Crippen LogP contribution < -0.4 is 14.4 Å². The summed E-state index contributed by atoms with van der Waals surface area (Å²) in [7, 11) is 1.26. The number of nitrogens with one attached hydrogen (secondary N) is 1. The van der Waals surface area contributed by atoms with Gasteiger partial charge in [-0.1, -0.05) is 31.0 Å². The van der Waals surface area contributed by atoms with Gasteiger partial charge in [-0.05, 0) is 131 Å². The van der Waals surface area contributed by atoms with Crippen LogP contribution in [0.4, 0.5) is 5.69 Å². The van der Waals surface area contributed by atoms with Crippen molar-refractivity contribution >= 4 is 38.8 Å². The Morgan fingerprint density at radius 2 is 1.92 bits per heavy atom. The third-order valence-corrected chi connectivity index (χ3v) is 14.8. The molecule has 8 nitrogen and oxygen atoms in total. The van der Waals surface area contributed by atoms with Crippen molar-refractivity contribution in [2.24, 2.45) is 23.7 Å². The minimum atomic E-state index is -2.90. The number of rotatable bonds is 3. The Morgan fingerprint density at radius 3 is 2.69 bits per heavy atom. The van der Waals surface area contributed by atoms with Crippen LogP contribution in [0.15, 0.2) is 36.4 Å². The molecule has 2 bridgehead atoms. The number of anilines is 1. The summed E-state index contributed by atoms with van der Waals surface area (Å²) in [6.07, 6.45) is 8.14. The molecule has 1 amide bonds. The highest BCUT2D eigenvalue weighted by Crippen LogP contribution is 2.49. The van der Waals surface area contributed by atoms with Gasteiger partial charge >= 0.3 is 0 Å². The predicted molar refractivity (Wildman–Crippen MR) is 198 cm³/mol. The summed E-state index contributed by atoms with van der Waals surface area (Å²) in [5, 5.41) is 0.496. The van der Waals surface area contributed by atoms with E-state index in [1.807, 2.05) is 25.1 Å². The van der Waals surface area contributed by atoms with Gasteiger partial charge in [-0.2, -0.15) is 0 Å². The maximum absolute atomic E-state index is 13.9. The number of hydrogen-bond acceptors (Lipinski definition) is 7. The molecule has 268 valence electrons. The zero-order valence-electron chi connectivity index (χ0n) is 29.6. The third kappa shape index (κ3) is 7.12. The predicted octanol–water partition coefficient (Wildman–Crippen LogP) is 6.33. The fraction of sp³-hybridized carbons (Fsp3) is 0.641. The van der Waals surface area contributed by atoms with E-state index in [1.165, 1.54) is 11.1 Å². The molecule has 9 atom stereocenters. The molecule has 2 fully saturated rings. The number of hydrogen-bond donors (Lipinski definition) is 1. The minimum Gasteiger partial charge on any atom is -0.490 e.